The monoisotopic (exact) mass is 146 g/mol. The van der Waals surface area contributed by atoms with Crippen molar-refractivity contribution < 1.29 is 4.74 Å². The molecular formula is C7H18N2O. The summed E-state index contributed by atoms with van der Waals surface area (Å²) in [6, 6.07) is 0.264. The molecule has 0 rings (SSSR count). The van der Waals surface area contributed by atoms with Gasteiger partial charge in [-0.25, -0.2) is 0 Å². The van der Waals surface area contributed by atoms with E-state index in [1.54, 1.807) is 7.11 Å². The molecule has 0 radical (unpaired) electrons. The summed E-state index contributed by atoms with van der Waals surface area (Å²) in [5.74, 6) is 0. The van der Waals surface area contributed by atoms with Crippen LogP contribution >= 0.6 is 0 Å². The van der Waals surface area contributed by atoms with Crippen LogP contribution in [0.5, 0.6) is 0 Å². The molecule has 0 aliphatic carbocycles. The van der Waals surface area contributed by atoms with Gasteiger partial charge in [0.15, 0.2) is 0 Å². The van der Waals surface area contributed by atoms with Crippen molar-refractivity contribution in [3.05, 3.63) is 0 Å². The Labute approximate surface area is 62.7 Å². The van der Waals surface area contributed by atoms with Gasteiger partial charge < -0.3 is 16.2 Å². The molecule has 0 spiro atoms. The van der Waals surface area contributed by atoms with Crippen LogP contribution in [-0.4, -0.2) is 26.3 Å². The van der Waals surface area contributed by atoms with Crippen LogP contribution in [0.3, 0.4) is 0 Å². The van der Waals surface area contributed by atoms with E-state index in [4.69, 9.17) is 16.2 Å². The van der Waals surface area contributed by atoms with E-state index in [0.29, 0.717) is 6.54 Å². The maximum atomic E-state index is 5.69. The predicted molar refractivity (Wildman–Crippen MR) is 42.8 cm³/mol. The number of methoxy groups -OCH3 is 1. The van der Waals surface area contributed by atoms with Crippen molar-refractivity contribution in [3.8, 4) is 0 Å². The van der Waals surface area contributed by atoms with Gasteiger partial charge in [-0.15, -0.1) is 0 Å². The topological polar surface area (TPSA) is 61.3 Å². The zero-order chi connectivity index (χ0) is 7.82. The summed E-state index contributed by atoms with van der Waals surface area (Å²) in [5.41, 5.74) is 11.0. The first kappa shape index (κ1) is 9.88. The lowest BCUT2D eigenvalue weighted by molar-refractivity contribution is 0.190. The van der Waals surface area contributed by atoms with Crippen molar-refractivity contribution in [1.29, 1.82) is 0 Å². The molecule has 4 N–H and O–H groups in total. The smallest absolute Gasteiger partial charge is 0.0462 e. The zero-order valence-electron chi connectivity index (χ0n) is 6.68. The van der Waals surface area contributed by atoms with Crippen LogP contribution in [-0.2, 0) is 4.74 Å². The van der Waals surface area contributed by atoms with Crippen LogP contribution in [0.1, 0.15) is 19.3 Å². The number of hydrogen-bond donors (Lipinski definition) is 2. The highest BCUT2D eigenvalue weighted by molar-refractivity contribution is 4.60. The molecule has 1 atom stereocenters. The third-order valence-corrected chi connectivity index (χ3v) is 1.46. The van der Waals surface area contributed by atoms with Gasteiger partial charge in [0.25, 0.3) is 0 Å². The maximum Gasteiger partial charge on any atom is 0.0462 e. The Bertz CT molecular complexity index is 68.6. The lowest BCUT2D eigenvalue weighted by atomic mass is 10.1. The third kappa shape index (κ3) is 6.01. The van der Waals surface area contributed by atoms with E-state index in [2.05, 4.69) is 0 Å². The van der Waals surface area contributed by atoms with Gasteiger partial charge in [-0.05, 0) is 25.8 Å². The van der Waals surface area contributed by atoms with Crippen LogP contribution in [0.15, 0.2) is 0 Å². The molecule has 0 bridgehead atoms. The minimum Gasteiger partial charge on any atom is -0.385 e. The van der Waals surface area contributed by atoms with E-state index in [9.17, 15) is 0 Å². The summed E-state index contributed by atoms with van der Waals surface area (Å²) in [6.07, 6.45) is 2.98. The highest BCUT2D eigenvalue weighted by Gasteiger charge is 1.98. The van der Waals surface area contributed by atoms with Gasteiger partial charge in [-0.1, -0.05) is 0 Å². The van der Waals surface area contributed by atoms with E-state index in [0.717, 1.165) is 25.9 Å². The molecule has 3 nitrogen and oxygen atoms in total. The Balaban J connectivity index is 2.97. The fourth-order valence-corrected chi connectivity index (χ4v) is 0.848. The minimum absolute atomic E-state index is 0.264. The average molecular weight is 146 g/mol. The van der Waals surface area contributed by atoms with Crippen molar-refractivity contribution in [2.75, 3.05) is 20.3 Å². The number of nitrogens with two attached hydrogens (primary N) is 2. The number of hydrogen-bond acceptors (Lipinski definition) is 3. The first-order valence-corrected chi connectivity index (χ1v) is 3.76. The fourth-order valence-electron chi connectivity index (χ4n) is 0.848. The molecule has 0 saturated heterocycles. The molecule has 0 amide bonds. The molecule has 0 aromatic heterocycles. The summed E-state index contributed by atoms with van der Waals surface area (Å²) < 4.78 is 4.88. The highest BCUT2D eigenvalue weighted by atomic mass is 16.5. The van der Waals surface area contributed by atoms with E-state index in [1.807, 2.05) is 0 Å². The molecule has 0 aromatic carbocycles. The largest absolute Gasteiger partial charge is 0.385 e. The predicted octanol–water partition coefficient (Wildman–Crippen LogP) is 0.0891. The molecule has 0 heterocycles. The van der Waals surface area contributed by atoms with E-state index >= 15 is 0 Å². The second kappa shape index (κ2) is 6.99. The van der Waals surface area contributed by atoms with Crippen LogP contribution < -0.4 is 11.5 Å². The van der Waals surface area contributed by atoms with Gasteiger partial charge in [-0.3, -0.25) is 0 Å². The SMILES string of the molecule is COCCCC(N)CCN. The third-order valence-electron chi connectivity index (χ3n) is 1.46. The van der Waals surface area contributed by atoms with Gasteiger partial charge in [0.05, 0.1) is 0 Å². The molecule has 62 valence electrons. The summed E-state index contributed by atoms with van der Waals surface area (Å²) >= 11 is 0. The summed E-state index contributed by atoms with van der Waals surface area (Å²) in [5, 5.41) is 0. The van der Waals surface area contributed by atoms with Crippen LogP contribution in [0, 0.1) is 0 Å². The molecule has 0 fully saturated rings. The highest BCUT2D eigenvalue weighted by Crippen LogP contribution is 1.97. The number of ether oxygens (including phenoxy) is 1. The molecule has 0 saturated carbocycles. The zero-order valence-corrected chi connectivity index (χ0v) is 6.68. The van der Waals surface area contributed by atoms with Crippen molar-refractivity contribution in [2.45, 2.75) is 25.3 Å². The first-order valence-electron chi connectivity index (χ1n) is 3.76. The van der Waals surface area contributed by atoms with Gasteiger partial charge >= 0.3 is 0 Å². The lowest BCUT2D eigenvalue weighted by Crippen LogP contribution is -2.23. The average Bonchev–Trinajstić information content (AvgIpc) is 1.89. The number of rotatable bonds is 6. The van der Waals surface area contributed by atoms with Crippen LogP contribution in [0.4, 0.5) is 0 Å². The van der Waals surface area contributed by atoms with Crippen molar-refractivity contribution in [2.24, 2.45) is 11.5 Å². The second-order valence-corrected chi connectivity index (χ2v) is 2.47. The van der Waals surface area contributed by atoms with Gasteiger partial charge in [0.2, 0.25) is 0 Å². The van der Waals surface area contributed by atoms with E-state index in [-0.39, 0.29) is 6.04 Å². The van der Waals surface area contributed by atoms with Crippen LogP contribution in [0.2, 0.25) is 0 Å². The van der Waals surface area contributed by atoms with Crippen molar-refractivity contribution >= 4 is 0 Å². The Hall–Kier alpha value is -0.120. The Kier molecular flexibility index (Phi) is 6.91. The van der Waals surface area contributed by atoms with Gasteiger partial charge in [0, 0.05) is 19.8 Å². The van der Waals surface area contributed by atoms with Crippen molar-refractivity contribution in [3.63, 3.8) is 0 Å². The second-order valence-electron chi connectivity index (χ2n) is 2.47. The molecule has 3 heteroatoms. The van der Waals surface area contributed by atoms with E-state index in [1.165, 1.54) is 0 Å². The maximum absolute atomic E-state index is 5.69. The Morgan fingerprint density at radius 1 is 1.40 bits per heavy atom. The normalized spacial score (nSPS) is 13.5. The summed E-state index contributed by atoms with van der Waals surface area (Å²) in [7, 11) is 1.70. The molecular weight excluding hydrogens is 128 g/mol. The molecule has 0 aliphatic rings. The summed E-state index contributed by atoms with van der Waals surface area (Å²) in [4.78, 5) is 0. The lowest BCUT2D eigenvalue weighted by Gasteiger charge is -2.08. The quantitative estimate of drug-likeness (QED) is 0.522. The molecule has 0 aliphatic heterocycles. The molecule has 10 heavy (non-hydrogen) atoms. The molecule has 1 unspecified atom stereocenters. The van der Waals surface area contributed by atoms with Gasteiger partial charge in [-0.2, -0.15) is 0 Å². The Morgan fingerprint density at radius 2 is 2.10 bits per heavy atom. The fraction of sp³-hybridized carbons (Fsp3) is 1.00. The Morgan fingerprint density at radius 3 is 2.60 bits per heavy atom. The first-order chi connectivity index (χ1) is 4.81. The summed E-state index contributed by atoms with van der Waals surface area (Å²) in [6.45, 7) is 1.49. The molecule has 0 aromatic rings. The van der Waals surface area contributed by atoms with E-state index < -0.39 is 0 Å². The minimum atomic E-state index is 0.264. The standard InChI is InChI=1S/C7H18N2O/c1-10-6-2-3-7(9)4-5-8/h7H,2-6,8-9H2,1H3. The van der Waals surface area contributed by atoms with Crippen LogP contribution in [0.25, 0.3) is 0 Å². The van der Waals surface area contributed by atoms with Crippen molar-refractivity contribution in [1.82, 2.24) is 0 Å². The van der Waals surface area contributed by atoms with Gasteiger partial charge in [0.1, 0.15) is 0 Å².